The molecule has 0 saturated carbocycles. The number of amides is 1. The normalized spacial score (nSPS) is 11.7. The lowest BCUT2D eigenvalue weighted by molar-refractivity contribution is -0.135. The van der Waals surface area contributed by atoms with E-state index in [1.165, 1.54) is 6.08 Å². The highest BCUT2D eigenvalue weighted by molar-refractivity contribution is 5.96. The molecule has 0 atom stereocenters. The topological polar surface area (TPSA) is 57.8 Å². The molecule has 120 valence electrons. The highest BCUT2D eigenvalue weighted by atomic mass is 19.4. The first-order valence-electron chi connectivity index (χ1n) is 6.88. The number of nitrogens with zero attached hydrogens (tertiary/aromatic N) is 2. The number of hydrogen-bond acceptors (Lipinski definition) is 2. The van der Waals surface area contributed by atoms with Gasteiger partial charge in [0.05, 0.1) is 12.5 Å². The Morgan fingerprint density at radius 2 is 2.09 bits per heavy atom. The summed E-state index contributed by atoms with van der Waals surface area (Å²) in [7, 11) is 0. The Balaban J connectivity index is 2.18. The van der Waals surface area contributed by atoms with Crippen molar-refractivity contribution >= 4 is 22.9 Å². The summed E-state index contributed by atoms with van der Waals surface area (Å²) in [4.78, 5) is 11.4. The Kier molecular flexibility index (Phi) is 5.06. The number of benzene rings is 1. The van der Waals surface area contributed by atoms with Crippen LogP contribution in [-0.2, 0) is 11.3 Å². The van der Waals surface area contributed by atoms with Crippen molar-refractivity contribution in [3.8, 4) is 6.07 Å². The Morgan fingerprint density at radius 1 is 1.35 bits per heavy atom. The number of aryl methyl sites for hydroxylation is 1. The van der Waals surface area contributed by atoms with Gasteiger partial charge in [-0.3, -0.25) is 4.79 Å². The average Bonchev–Trinajstić information content (AvgIpc) is 2.86. The Labute approximate surface area is 130 Å². The predicted molar refractivity (Wildman–Crippen MR) is 80.3 cm³/mol. The molecule has 1 aromatic heterocycles. The molecular weight excluding hydrogens is 307 g/mol. The molecule has 0 fully saturated rings. The monoisotopic (exact) mass is 321 g/mol. The molecule has 0 bridgehead atoms. The first-order valence-corrected chi connectivity index (χ1v) is 6.88. The van der Waals surface area contributed by atoms with Gasteiger partial charge in [-0.1, -0.05) is 18.2 Å². The number of fused-ring (bicyclic) bond motifs is 1. The number of rotatable bonds is 5. The number of halogens is 3. The van der Waals surface area contributed by atoms with Crippen molar-refractivity contribution in [1.29, 1.82) is 5.26 Å². The Bertz CT molecular complexity index is 769. The van der Waals surface area contributed by atoms with E-state index in [2.05, 4.69) is 6.07 Å². The van der Waals surface area contributed by atoms with Crippen LogP contribution in [0.3, 0.4) is 0 Å². The minimum atomic E-state index is -4.43. The number of carbonyl (C=O) groups is 1. The van der Waals surface area contributed by atoms with Crippen LogP contribution < -0.4 is 5.32 Å². The average molecular weight is 321 g/mol. The van der Waals surface area contributed by atoms with Gasteiger partial charge in [-0.15, -0.1) is 0 Å². The van der Waals surface area contributed by atoms with Crippen molar-refractivity contribution in [3.63, 3.8) is 0 Å². The molecule has 0 unspecified atom stereocenters. The van der Waals surface area contributed by atoms with Crippen LogP contribution in [0.1, 0.15) is 12.0 Å². The molecule has 0 saturated heterocycles. The predicted octanol–water partition coefficient (Wildman–Crippen LogP) is 3.25. The van der Waals surface area contributed by atoms with Crippen LogP contribution in [0.2, 0.25) is 0 Å². The van der Waals surface area contributed by atoms with Crippen LogP contribution >= 0.6 is 0 Å². The van der Waals surface area contributed by atoms with Crippen molar-refractivity contribution in [2.45, 2.75) is 19.1 Å². The van der Waals surface area contributed by atoms with Crippen LogP contribution in [0.25, 0.3) is 17.0 Å². The maximum atomic E-state index is 12.0. The van der Waals surface area contributed by atoms with Gasteiger partial charge in [0, 0.05) is 35.3 Å². The lowest BCUT2D eigenvalue weighted by Crippen LogP contribution is -2.32. The van der Waals surface area contributed by atoms with E-state index >= 15 is 0 Å². The van der Waals surface area contributed by atoms with E-state index in [4.69, 9.17) is 5.26 Å². The molecule has 4 nitrogen and oxygen atoms in total. The molecule has 0 aliphatic heterocycles. The number of nitriles is 1. The molecule has 1 N–H and O–H groups in total. The summed E-state index contributed by atoms with van der Waals surface area (Å²) in [5, 5.41) is 11.3. The summed E-state index contributed by atoms with van der Waals surface area (Å²) in [6.07, 6.45) is 0.222. The van der Waals surface area contributed by atoms with Crippen molar-refractivity contribution < 1.29 is 18.0 Å². The van der Waals surface area contributed by atoms with Crippen molar-refractivity contribution in [1.82, 2.24) is 9.88 Å². The van der Waals surface area contributed by atoms with E-state index in [-0.39, 0.29) is 0 Å². The van der Waals surface area contributed by atoms with Crippen LogP contribution in [0.5, 0.6) is 0 Å². The third kappa shape index (κ3) is 4.61. The molecule has 1 aromatic carbocycles. The molecular formula is C16H14F3N3O. The first-order chi connectivity index (χ1) is 10.9. The van der Waals surface area contributed by atoms with Gasteiger partial charge >= 0.3 is 6.18 Å². The van der Waals surface area contributed by atoms with Gasteiger partial charge in [-0.05, 0) is 12.1 Å². The van der Waals surface area contributed by atoms with Gasteiger partial charge in [0.1, 0.15) is 6.54 Å². The zero-order valence-corrected chi connectivity index (χ0v) is 12.1. The Hall–Kier alpha value is -2.75. The van der Waals surface area contributed by atoms with Crippen LogP contribution in [0, 0.1) is 11.3 Å². The molecule has 2 aromatic rings. The van der Waals surface area contributed by atoms with E-state index in [9.17, 15) is 18.0 Å². The summed E-state index contributed by atoms with van der Waals surface area (Å²) in [6, 6.07) is 9.48. The fraction of sp³-hybridized carbons (Fsp3) is 0.250. The highest BCUT2D eigenvalue weighted by Gasteiger charge is 2.27. The van der Waals surface area contributed by atoms with Gasteiger partial charge in [0.15, 0.2) is 0 Å². The summed E-state index contributed by atoms with van der Waals surface area (Å²) in [6.45, 7) is -0.856. The third-order valence-corrected chi connectivity index (χ3v) is 3.16. The van der Waals surface area contributed by atoms with E-state index in [1.54, 1.807) is 11.5 Å². The third-order valence-electron chi connectivity index (χ3n) is 3.16. The summed E-state index contributed by atoms with van der Waals surface area (Å²) in [5.41, 5.74) is 1.61. The van der Waals surface area contributed by atoms with Crippen LogP contribution in [0.15, 0.2) is 36.5 Å². The SMILES string of the molecule is N#CCCn1cc(/C=C/C(=O)NCC(F)(F)F)c2ccccc21. The zero-order valence-electron chi connectivity index (χ0n) is 12.1. The fourth-order valence-electron chi connectivity index (χ4n) is 2.18. The van der Waals surface area contributed by atoms with Crippen molar-refractivity contribution in [2.75, 3.05) is 6.54 Å². The van der Waals surface area contributed by atoms with Gasteiger partial charge in [-0.25, -0.2) is 0 Å². The Morgan fingerprint density at radius 3 is 2.78 bits per heavy atom. The van der Waals surface area contributed by atoms with E-state index in [0.29, 0.717) is 18.5 Å². The smallest absolute Gasteiger partial charge is 0.346 e. The van der Waals surface area contributed by atoms with Gasteiger partial charge in [0.2, 0.25) is 5.91 Å². The lowest BCUT2D eigenvalue weighted by Gasteiger charge is -2.05. The molecule has 0 aliphatic carbocycles. The molecule has 1 heterocycles. The number of para-hydroxylation sites is 1. The molecule has 2 rings (SSSR count). The zero-order chi connectivity index (χ0) is 16.9. The second-order valence-corrected chi connectivity index (χ2v) is 4.87. The van der Waals surface area contributed by atoms with E-state index < -0.39 is 18.6 Å². The van der Waals surface area contributed by atoms with E-state index in [0.717, 1.165) is 17.0 Å². The standard InChI is InChI=1S/C16H14F3N3O/c17-16(18,19)11-21-15(23)7-6-12-10-22(9-3-8-20)14-5-2-1-4-13(12)14/h1-2,4-7,10H,3,9,11H2,(H,21,23)/b7-6+. The second kappa shape index (κ2) is 7.01. The van der Waals surface area contributed by atoms with Crippen molar-refractivity contribution in [3.05, 3.63) is 42.1 Å². The van der Waals surface area contributed by atoms with Crippen molar-refractivity contribution in [2.24, 2.45) is 0 Å². The van der Waals surface area contributed by atoms with Crippen LogP contribution in [-0.4, -0.2) is 23.2 Å². The lowest BCUT2D eigenvalue weighted by atomic mass is 10.1. The molecule has 1 amide bonds. The number of alkyl halides is 3. The minimum Gasteiger partial charge on any atom is -0.346 e. The maximum Gasteiger partial charge on any atom is 0.405 e. The molecule has 0 aliphatic rings. The highest BCUT2D eigenvalue weighted by Crippen LogP contribution is 2.22. The number of hydrogen-bond donors (Lipinski definition) is 1. The van der Waals surface area contributed by atoms with Gasteiger partial charge in [0.25, 0.3) is 0 Å². The number of carbonyl (C=O) groups excluding carboxylic acids is 1. The molecule has 0 spiro atoms. The molecule has 23 heavy (non-hydrogen) atoms. The van der Waals surface area contributed by atoms with Gasteiger partial charge < -0.3 is 9.88 Å². The number of nitrogens with one attached hydrogen (secondary N) is 1. The van der Waals surface area contributed by atoms with E-state index in [1.807, 2.05) is 28.8 Å². The minimum absolute atomic E-state index is 0.341. The van der Waals surface area contributed by atoms with Crippen LogP contribution in [0.4, 0.5) is 13.2 Å². The summed E-state index contributed by atoms with van der Waals surface area (Å²) in [5.74, 6) is -0.809. The second-order valence-electron chi connectivity index (χ2n) is 4.87. The summed E-state index contributed by atoms with van der Waals surface area (Å²) >= 11 is 0. The first kappa shape index (κ1) is 16.6. The maximum absolute atomic E-state index is 12.0. The largest absolute Gasteiger partial charge is 0.405 e. The summed E-state index contributed by atoms with van der Waals surface area (Å²) < 4.78 is 38.0. The molecule has 7 heteroatoms. The quantitative estimate of drug-likeness (QED) is 0.860. The van der Waals surface area contributed by atoms with Gasteiger partial charge in [-0.2, -0.15) is 18.4 Å². The fourth-order valence-corrected chi connectivity index (χ4v) is 2.18. The number of aromatic nitrogens is 1. The molecule has 0 radical (unpaired) electrons.